The number of aliphatic hydroxyl groups excluding tert-OH is 1. The standard InChI is InChI=1S/C15H20BrN3O/c16-12-3-6-15-18-8-14(19(15)9-12)7-17-13-4-1-11(10-20)2-5-13/h3,6,8-9,11,13,17,20H,1-2,4-5,7,10H2. The van der Waals surface area contributed by atoms with Crippen molar-refractivity contribution in [3.8, 4) is 0 Å². The summed E-state index contributed by atoms with van der Waals surface area (Å²) in [6.07, 6.45) is 8.58. The highest BCUT2D eigenvalue weighted by Crippen LogP contribution is 2.24. The van der Waals surface area contributed by atoms with Crippen molar-refractivity contribution in [1.82, 2.24) is 14.7 Å². The Morgan fingerprint density at radius 3 is 2.85 bits per heavy atom. The SMILES string of the molecule is OCC1CCC(NCc2cnc3ccc(Br)cn23)CC1. The summed E-state index contributed by atoms with van der Waals surface area (Å²) >= 11 is 3.50. The van der Waals surface area contributed by atoms with Gasteiger partial charge in [0.1, 0.15) is 5.65 Å². The van der Waals surface area contributed by atoms with Gasteiger partial charge in [0.2, 0.25) is 0 Å². The van der Waals surface area contributed by atoms with Gasteiger partial charge in [-0.3, -0.25) is 0 Å². The lowest BCUT2D eigenvalue weighted by Gasteiger charge is -2.28. The van der Waals surface area contributed by atoms with E-state index in [1.807, 2.05) is 18.3 Å². The van der Waals surface area contributed by atoms with Gasteiger partial charge in [0.25, 0.3) is 0 Å². The summed E-state index contributed by atoms with van der Waals surface area (Å²) < 4.78 is 3.18. The van der Waals surface area contributed by atoms with E-state index < -0.39 is 0 Å². The van der Waals surface area contributed by atoms with Gasteiger partial charge in [-0.15, -0.1) is 0 Å². The molecule has 0 unspecified atom stereocenters. The van der Waals surface area contributed by atoms with Gasteiger partial charge in [0, 0.05) is 29.9 Å². The van der Waals surface area contributed by atoms with E-state index in [0.717, 1.165) is 42.3 Å². The summed E-state index contributed by atoms with van der Waals surface area (Å²) in [6, 6.07) is 4.59. The molecule has 1 aliphatic rings. The van der Waals surface area contributed by atoms with Gasteiger partial charge in [-0.2, -0.15) is 0 Å². The zero-order chi connectivity index (χ0) is 13.9. The van der Waals surface area contributed by atoms with Crippen LogP contribution in [0, 0.1) is 5.92 Å². The van der Waals surface area contributed by atoms with Gasteiger partial charge in [0.15, 0.2) is 0 Å². The molecule has 2 N–H and O–H groups in total. The zero-order valence-corrected chi connectivity index (χ0v) is 13.0. The highest BCUT2D eigenvalue weighted by molar-refractivity contribution is 9.10. The second kappa shape index (κ2) is 6.24. The molecule has 2 aromatic heterocycles. The van der Waals surface area contributed by atoms with E-state index in [1.54, 1.807) is 0 Å². The quantitative estimate of drug-likeness (QED) is 0.901. The first-order chi connectivity index (χ1) is 9.76. The van der Waals surface area contributed by atoms with E-state index in [2.05, 4.69) is 36.8 Å². The van der Waals surface area contributed by atoms with Crippen LogP contribution in [0.4, 0.5) is 0 Å². The molecule has 0 bridgehead atoms. The summed E-state index contributed by atoms with van der Waals surface area (Å²) in [5.41, 5.74) is 2.17. The number of fused-ring (bicyclic) bond motifs is 1. The van der Waals surface area contributed by atoms with Crippen molar-refractivity contribution in [1.29, 1.82) is 0 Å². The molecule has 0 aromatic carbocycles. The summed E-state index contributed by atoms with van der Waals surface area (Å²) in [6.45, 7) is 1.18. The number of aliphatic hydroxyl groups is 1. The largest absolute Gasteiger partial charge is 0.396 e. The molecule has 0 aliphatic heterocycles. The lowest BCUT2D eigenvalue weighted by atomic mass is 9.86. The molecule has 108 valence electrons. The fourth-order valence-corrected chi connectivity index (χ4v) is 3.27. The van der Waals surface area contributed by atoms with E-state index in [0.29, 0.717) is 18.6 Å². The third-order valence-electron chi connectivity index (χ3n) is 4.22. The van der Waals surface area contributed by atoms with Crippen molar-refractivity contribution in [3.05, 3.63) is 34.7 Å². The highest BCUT2D eigenvalue weighted by atomic mass is 79.9. The fourth-order valence-electron chi connectivity index (χ4n) is 2.93. The third-order valence-corrected chi connectivity index (χ3v) is 4.69. The Morgan fingerprint density at radius 1 is 1.30 bits per heavy atom. The topological polar surface area (TPSA) is 49.6 Å². The van der Waals surface area contributed by atoms with Crippen LogP contribution < -0.4 is 5.32 Å². The molecule has 3 rings (SSSR count). The molecule has 4 nitrogen and oxygen atoms in total. The van der Waals surface area contributed by atoms with Gasteiger partial charge in [-0.05, 0) is 59.7 Å². The Labute approximate surface area is 127 Å². The first-order valence-electron chi connectivity index (χ1n) is 7.22. The molecule has 0 saturated heterocycles. The van der Waals surface area contributed by atoms with Crippen LogP contribution >= 0.6 is 15.9 Å². The van der Waals surface area contributed by atoms with Crippen LogP contribution in [-0.4, -0.2) is 27.1 Å². The highest BCUT2D eigenvalue weighted by Gasteiger charge is 2.20. The fraction of sp³-hybridized carbons (Fsp3) is 0.533. The van der Waals surface area contributed by atoms with Gasteiger partial charge in [-0.1, -0.05) is 0 Å². The maximum Gasteiger partial charge on any atom is 0.136 e. The number of halogens is 1. The molecular weight excluding hydrogens is 318 g/mol. The summed E-state index contributed by atoms with van der Waals surface area (Å²) in [4.78, 5) is 4.42. The first kappa shape index (κ1) is 14.0. The minimum Gasteiger partial charge on any atom is -0.396 e. The van der Waals surface area contributed by atoms with Crippen LogP contribution in [0.25, 0.3) is 5.65 Å². The van der Waals surface area contributed by atoms with Crippen LogP contribution in [0.5, 0.6) is 0 Å². The van der Waals surface area contributed by atoms with E-state index in [9.17, 15) is 0 Å². The number of nitrogens with zero attached hydrogens (tertiary/aromatic N) is 2. The molecule has 2 aromatic rings. The lowest BCUT2D eigenvalue weighted by molar-refractivity contribution is 0.175. The first-order valence-corrected chi connectivity index (χ1v) is 8.01. The second-order valence-electron chi connectivity index (χ2n) is 5.61. The smallest absolute Gasteiger partial charge is 0.136 e. The number of imidazole rings is 1. The van der Waals surface area contributed by atoms with Crippen molar-refractivity contribution >= 4 is 21.6 Å². The monoisotopic (exact) mass is 337 g/mol. The number of pyridine rings is 1. The van der Waals surface area contributed by atoms with Crippen molar-refractivity contribution in [2.45, 2.75) is 38.3 Å². The van der Waals surface area contributed by atoms with Crippen LogP contribution in [-0.2, 0) is 6.54 Å². The molecule has 20 heavy (non-hydrogen) atoms. The number of hydrogen-bond acceptors (Lipinski definition) is 3. The van der Waals surface area contributed by atoms with Gasteiger partial charge in [0.05, 0.1) is 11.9 Å². The summed E-state index contributed by atoms with van der Waals surface area (Å²) in [5, 5.41) is 12.8. The Morgan fingerprint density at radius 2 is 2.10 bits per heavy atom. The maximum atomic E-state index is 9.17. The van der Waals surface area contributed by atoms with Crippen LogP contribution in [0.3, 0.4) is 0 Å². The minimum atomic E-state index is 0.341. The Bertz CT molecular complexity index is 576. The van der Waals surface area contributed by atoms with E-state index in [1.165, 1.54) is 5.69 Å². The lowest BCUT2D eigenvalue weighted by Crippen LogP contribution is -2.33. The van der Waals surface area contributed by atoms with Gasteiger partial charge >= 0.3 is 0 Å². The molecule has 5 heteroatoms. The van der Waals surface area contributed by atoms with Crippen LogP contribution in [0.2, 0.25) is 0 Å². The van der Waals surface area contributed by atoms with E-state index >= 15 is 0 Å². The predicted molar refractivity (Wildman–Crippen MR) is 82.6 cm³/mol. The summed E-state index contributed by atoms with van der Waals surface area (Å²) in [5.74, 6) is 0.514. The van der Waals surface area contributed by atoms with Crippen molar-refractivity contribution in [3.63, 3.8) is 0 Å². The van der Waals surface area contributed by atoms with E-state index in [4.69, 9.17) is 5.11 Å². The molecule has 0 radical (unpaired) electrons. The van der Waals surface area contributed by atoms with Crippen molar-refractivity contribution in [2.75, 3.05) is 6.61 Å². The molecule has 1 aliphatic carbocycles. The van der Waals surface area contributed by atoms with Crippen molar-refractivity contribution < 1.29 is 5.11 Å². The normalized spacial score (nSPS) is 23.3. The molecule has 0 spiro atoms. The Balaban J connectivity index is 1.61. The molecule has 0 atom stereocenters. The number of nitrogens with one attached hydrogen (secondary N) is 1. The zero-order valence-electron chi connectivity index (χ0n) is 11.4. The maximum absolute atomic E-state index is 9.17. The van der Waals surface area contributed by atoms with Crippen molar-refractivity contribution in [2.24, 2.45) is 5.92 Å². The Hall–Kier alpha value is -0.910. The van der Waals surface area contributed by atoms with Crippen LogP contribution in [0.1, 0.15) is 31.4 Å². The number of rotatable bonds is 4. The molecule has 1 saturated carbocycles. The predicted octanol–water partition coefficient (Wildman–Crippen LogP) is 2.74. The van der Waals surface area contributed by atoms with Gasteiger partial charge < -0.3 is 14.8 Å². The third kappa shape index (κ3) is 3.05. The average molecular weight is 338 g/mol. The number of aromatic nitrogens is 2. The van der Waals surface area contributed by atoms with Crippen LogP contribution in [0.15, 0.2) is 29.0 Å². The average Bonchev–Trinajstić information content (AvgIpc) is 2.88. The minimum absolute atomic E-state index is 0.341. The van der Waals surface area contributed by atoms with Gasteiger partial charge in [-0.25, -0.2) is 4.98 Å². The number of hydrogen-bond donors (Lipinski definition) is 2. The molecule has 1 fully saturated rings. The second-order valence-corrected chi connectivity index (χ2v) is 6.52. The molecule has 0 amide bonds. The molecule has 2 heterocycles. The van der Waals surface area contributed by atoms with E-state index in [-0.39, 0.29) is 0 Å². The molecular formula is C15H20BrN3O. The summed E-state index contributed by atoms with van der Waals surface area (Å²) in [7, 11) is 0. The Kier molecular flexibility index (Phi) is 4.38.